The van der Waals surface area contributed by atoms with Crippen molar-refractivity contribution in [3.8, 4) is 5.69 Å². The molecule has 1 fully saturated rings. The summed E-state index contributed by atoms with van der Waals surface area (Å²) in [6.07, 6.45) is 5.82. The number of para-hydroxylation sites is 1. The molecule has 1 aromatic heterocycles. The Morgan fingerprint density at radius 2 is 1.71 bits per heavy atom. The summed E-state index contributed by atoms with van der Waals surface area (Å²) in [5.74, 6) is 0.0191. The highest BCUT2D eigenvalue weighted by Crippen LogP contribution is 2.16. The van der Waals surface area contributed by atoms with Gasteiger partial charge in [-0.3, -0.25) is 9.69 Å². The average Bonchev–Trinajstić information content (AvgIpc) is 3.29. The SMILES string of the molecule is O=C(c1ccccc1-n1cnnn1)N1CCN(CC=Cc2ccccc2)CC1. The van der Waals surface area contributed by atoms with Crippen LogP contribution < -0.4 is 0 Å². The van der Waals surface area contributed by atoms with E-state index >= 15 is 0 Å². The van der Waals surface area contributed by atoms with Crippen LogP contribution in [0.3, 0.4) is 0 Å². The minimum atomic E-state index is 0.0191. The van der Waals surface area contributed by atoms with Crippen LogP contribution in [0.5, 0.6) is 0 Å². The number of aromatic nitrogens is 4. The molecule has 0 saturated carbocycles. The Hall–Kier alpha value is -3.32. The van der Waals surface area contributed by atoms with E-state index in [0.717, 1.165) is 19.6 Å². The van der Waals surface area contributed by atoms with Crippen molar-refractivity contribution in [1.29, 1.82) is 0 Å². The molecule has 142 valence electrons. The Morgan fingerprint density at radius 3 is 2.46 bits per heavy atom. The van der Waals surface area contributed by atoms with Gasteiger partial charge < -0.3 is 4.90 Å². The number of carbonyl (C=O) groups excluding carboxylic acids is 1. The maximum atomic E-state index is 13.0. The molecular weight excluding hydrogens is 352 g/mol. The lowest BCUT2D eigenvalue weighted by atomic mass is 10.1. The number of hydrogen-bond acceptors (Lipinski definition) is 5. The summed E-state index contributed by atoms with van der Waals surface area (Å²) in [6.45, 7) is 4.03. The van der Waals surface area contributed by atoms with Crippen molar-refractivity contribution in [1.82, 2.24) is 30.0 Å². The Labute approximate surface area is 163 Å². The first kappa shape index (κ1) is 18.1. The smallest absolute Gasteiger partial charge is 0.256 e. The summed E-state index contributed by atoms with van der Waals surface area (Å²) in [5.41, 5.74) is 2.52. The van der Waals surface area contributed by atoms with Gasteiger partial charge in [-0.05, 0) is 28.1 Å². The summed E-state index contributed by atoms with van der Waals surface area (Å²) in [7, 11) is 0. The zero-order valence-electron chi connectivity index (χ0n) is 15.6. The maximum absolute atomic E-state index is 13.0. The van der Waals surface area contributed by atoms with E-state index in [-0.39, 0.29) is 5.91 Å². The highest BCUT2D eigenvalue weighted by Gasteiger charge is 2.23. The van der Waals surface area contributed by atoms with Gasteiger partial charge in [-0.15, -0.1) is 5.10 Å². The number of hydrogen-bond donors (Lipinski definition) is 0. The predicted octanol–water partition coefficient (Wildman–Crippen LogP) is 2.13. The van der Waals surface area contributed by atoms with Gasteiger partial charge in [0.2, 0.25) is 0 Å². The maximum Gasteiger partial charge on any atom is 0.256 e. The van der Waals surface area contributed by atoms with Crippen molar-refractivity contribution in [3.63, 3.8) is 0 Å². The third-order valence-corrected chi connectivity index (χ3v) is 4.86. The van der Waals surface area contributed by atoms with E-state index in [1.54, 1.807) is 0 Å². The lowest BCUT2D eigenvalue weighted by molar-refractivity contribution is 0.0650. The van der Waals surface area contributed by atoms with E-state index in [1.165, 1.54) is 16.6 Å². The fraction of sp³-hybridized carbons (Fsp3) is 0.238. The van der Waals surface area contributed by atoms with Crippen molar-refractivity contribution in [2.75, 3.05) is 32.7 Å². The number of nitrogens with zero attached hydrogens (tertiary/aromatic N) is 6. The molecule has 3 aromatic rings. The summed E-state index contributed by atoms with van der Waals surface area (Å²) in [5, 5.41) is 11.2. The molecule has 0 radical (unpaired) electrons. The van der Waals surface area contributed by atoms with Gasteiger partial charge in [0.15, 0.2) is 0 Å². The molecule has 1 saturated heterocycles. The fourth-order valence-electron chi connectivity index (χ4n) is 3.33. The zero-order valence-corrected chi connectivity index (χ0v) is 15.6. The zero-order chi connectivity index (χ0) is 19.2. The minimum absolute atomic E-state index is 0.0191. The van der Waals surface area contributed by atoms with Crippen LogP contribution in [0.15, 0.2) is 67.0 Å². The highest BCUT2D eigenvalue weighted by molar-refractivity contribution is 5.97. The number of rotatable bonds is 5. The van der Waals surface area contributed by atoms with Gasteiger partial charge in [0.25, 0.3) is 5.91 Å². The monoisotopic (exact) mass is 374 g/mol. The van der Waals surface area contributed by atoms with Crippen LogP contribution in [0.4, 0.5) is 0 Å². The second-order valence-corrected chi connectivity index (χ2v) is 6.68. The number of piperazine rings is 1. The van der Waals surface area contributed by atoms with Gasteiger partial charge in [-0.25, -0.2) is 0 Å². The molecule has 7 nitrogen and oxygen atoms in total. The lowest BCUT2D eigenvalue weighted by Crippen LogP contribution is -2.48. The molecule has 0 unspecified atom stereocenters. The average molecular weight is 374 g/mol. The van der Waals surface area contributed by atoms with Crippen LogP contribution in [0.2, 0.25) is 0 Å². The third kappa shape index (κ3) is 4.15. The van der Waals surface area contributed by atoms with Gasteiger partial charge in [0, 0.05) is 32.7 Å². The molecule has 0 bridgehead atoms. The normalized spacial score (nSPS) is 15.2. The molecule has 0 N–H and O–H groups in total. The first-order valence-electron chi connectivity index (χ1n) is 9.37. The van der Waals surface area contributed by atoms with Crippen LogP contribution in [0.25, 0.3) is 11.8 Å². The first-order chi connectivity index (χ1) is 13.8. The fourth-order valence-corrected chi connectivity index (χ4v) is 3.33. The molecule has 0 spiro atoms. The van der Waals surface area contributed by atoms with E-state index < -0.39 is 0 Å². The Morgan fingerprint density at radius 1 is 0.964 bits per heavy atom. The van der Waals surface area contributed by atoms with E-state index in [1.807, 2.05) is 47.4 Å². The molecule has 0 aliphatic carbocycles. The van der Waals surface area contributed by atoms with Gasteiger partial charge in [-0.2, -0.15) is 4.68 Å². The molecule has 2 aromatic carbocycles. The van der Waals surface area contributed by atoms with Gasteiger partial charge in [0.05, 0.1) is 11.3 Å². The number of tetrazole rings is 1. The minimum Gasteiger partial charge on any atom is -0.336 e. The largest absolute Gasteiger partial charge is 0.336 e. The molecule has 4 rings (SSSR count). The van der Waals surface area contributed by atoms with Crippen molar-refractivity contribution in [3.05, 3.63) is 78.1 Å². The van der Waals surface area contributed by atoms with Crippen molar-refractivity contribution in [2.45, 2.75) is 0 Å². The van der Waals surface area contributed by atoms with Crippen LogP contribution in [0, 0.1) is 0 Å². The van der Waals surface area contributed by atoms with Gasteiger partial charge in [-0.1, -0.05) is 54.6 Å². The Bertz CT molecular complexity index is 931. The summed E-state index contributed by atoms with van der Waals surface area (Å²) in [6, 6.07) is 17.7. The van der Waals surface area contributed by atoms with E-state index in [2.05, 4.69) is 44.7 Å². The lowest BCUT2D eigenvalue weighted by Gasteiger charge is -2.34. The Balaban J connectivity index is 1.35. The molecule has 1 amide bonds. The van der Waals surface area contributed by atoms with Crippen molar-refractivity contribution >= 4 is 12.0 Å². The van der Waals surface area contributed by atoms with Crippen molar-refractivity contribution < 1.29 is 4.79 Å². The molecule has 28 heavy (non-hydrogen) atoms. The van der Waals surface area contributed by atoms with Crippen molar-refractivity contribution in [2.24, 2.45) is 0 Å². The molecule has 7 heteroatoms. The Kier molecular flexibility index (Phi) is 5.53. The highest BCUT2D eigenvalue weighted by atomic mass is 16.2. The topological polar surface area (TPSA) is 67.2 Å². The van der Waals surface area contributed by atoms with E-state index in [9.17, 15) is 4.79 Å². The summed E-state index contributed by atoms with van der Waals surface area (Å²) >= 11 is 0. The van der Waals surface area contributed by atoms with E-state index in [4.69, 9.17) is 0 Å². The molecule has 1 aliphatic heterocycles. The second kappa shape index (κ2) is 8.58. The first-order valence-corrected chi connectivity index (χ1v) is 9.37. The number of carbonyl (C=O) groups is 1. The summed E-state index contributed by atoms with van der Waals surface area (Å²) in [4.78, 5) is 17.3. The molecular formula is C21H22N6O. The summed E-state index contributed by atoms with van der Waals surface area (Å²) < 4.78 is 1.53. The van der Waals surface area contributed by atoms with Gasteiger partial charge in [0.1, 0.15) is 6.33 Å². The van der Waals surface area contributed by atoms with Crippen LogP contribution in [-0.4, -0.2) is 68.6 Å². The van der Waals surface area contributed by atoms with Crippen LogP contribution in [-0.2, 0) is 0 Å². The number of amides is 1. The molecule has 1 aliphatic rings. The van der Waals surface area contributed by atoms with E-state index in [0.29, 0.717) is 24.3 Å². The van der Waals surface area contributed by atoms with Gasteiger partial charge >= 0.3 is 0 Å². The second-order valence-electron chi connectivity index (χ2n) is 6.68. The molecule has 2 heterocycles. The predicted molar refractivity (Wildman–Crippen MR) is 107 cm³/mol. The third-order valence-electron chi connectivity index (χ3n) is 4.86. The standard InChI is InChI=1S/C21H22N6O/c28-21(19-10-4-5-11-20(19)27-17-22-23-24-27)26-15-13-25(14-16-26)12-6-9-18-7-2-1-3-8-18/h1-11,17H,12-16H2. The molecule has 0 atom stereocenters. The van der Waals surface area contributed by atoms with Crippen LogP contribution >= 0.6 is 0 Å². The number of benzene rings is 2. The van der Waals surface area contributed by atoms with Crippen LogP contribution in [0.1, 0.15) is 15.9 Å². The quantitative estimate of drug-likeness (QED) is 0.684.